The van der Waals surface area contributed by atoms with Crippen LogP contribution in [0.15, 0.2) is 0 Å². The third kappa shape index (κ3) is 8.90. The second-order valence-electron chi connectivity index (χ2n) is 5.67. The molecular formula is C16H34N2O2. The third-order valence-electron chi connectivity index (χ3n) is 3.70. The lowest BCUT2D eigenvalue weighted by Crippen LogP contribution is -2.49. The van der Waals surface area contributed by atoms with Crippen LogP contribution in [0, 0.1) is 0 Å². The summed E-state index contributed by atoms with van der Waals surface area (Å²) in [5.74, 6) is 0. The van der Waals surface area contributed by atoms with Crippen LogP contribution in [0.3, 0.4) is 0 Å². The summed E-state index contributed by atoms with van der Waals surface area (Å²) in [7, 11) is 0. The lowest BCUT2D eigenvalue weighted by Gasteiger charge is -2.30. The number of hydrogen-bond acceptors (Lipinski definition) is 4. The number of unbranched alkanes of at least 4 members (excludes halogenated alkanes) is 6. The van der Waals surface area contributed by atoms with Crippen LogP contribution in [-0.4, -0.2) is 38.8 Å². The minimum absolute atomic E-state index is 0.0785. The van der Waals surface area contributed by atoms with Crippen molar-refractivity contribution in [3.63, 3.8) is 0 Å². The molecule has 1 saturated heterocycles. The zero-order valence-electron chi connectivity index (χ0n) is 13.5. The van der Waals surface area contributed by atoms with E-state index in [9.17, 15) is 0 Å². The van der Waals surface area contributed by atoms with E-state index in [-0.39, 0.29) is 12.5 Å². The van der Waals surface area contributed by atoms with Crippen LogP contribution in [0.5, 0.6) is 0 Å². The predicted molar refractivity (Wildman–Crippen MR) is 83.8 cm³/mol. The van der Waals surface area contributed by atoms with Gasteiger partial charge in [-0.05, 0) is 25.9 Å². The van der Waals surface area contributed by atoms with Crippen molar-refractivity contribution in [3.05, 3.63) is 0 Å². The van der Waals surface area contributed by atoms with Crippen LogP contribution in [0.1, 0.15) is 65.2 Å². The fraction of sp³-hybridized carbons (Fsp3) is 1.00. The fourth-order valence-electron chi connectivity index (χ4n) is 2.37. The molecule has 0 bridgehead atoms. The quantitative estimate of drug-likeness (QED) is 0.541. The van der Waals surface area contributed by atoms with Crippen LogP contribution >= 0.6 is 0 Å². The zero-order chi connectivity index (χ0) is 14.5. The van der Waals surface area contributed by atoms with Crippen LogP contribution in [0.2, 0.25) is 0 Å². The van der Waals surface area contributed by atoms with Crippen LogP contribution in [0.4, 0.5) is 0 Å². The molecule has 1 fully saturated rings. The molecule has 2 N–H and O–H groups in total. The molecule has 20 heavy (non-hydrogen) atoms. The van der Waals surface area contributed by atoms with Gasteiger partial charge >= 0.3 is 0 Å². The number of rotatable bonds is 12. The van der Waals surface area contributed by atoms with E-state index in [0.29, 0.717) is 13.2 Å². The van der Waals surface area contributed by atoms with E-state index < -0.39 is 0 Å². The van der Waals surface area contributed by atoms with Gasteiger partial charge in [0.25, 0.3) is 0 Å². The molecule has 0 saturated carbocycles. The Bertz CT molecular complexity index is 185. The average Bonchev–Trinajstić information content (AvgIpc) is 2.48. The number of ether oxygens (including phenoxy) is 2. The summed E-state index contributed by atoms with van der Waals surface area (Å²) in [6, 6.07) is 0. The maximum Gasteiger partial charge on any atom is 0.132 e. The summed E-state index contributed by atoms with van der Waals surface area (Å²) in [4.78, 5) is 0. The Balaban J connectivity index is 1.91. The highest BCUT2D eigenvalue weighted by molar-refractivity contribution is 4.65. The molecular weight excluding hydrogens is 252 g/mol. The normalized spacial score (nSPS) is 23.1. The summed E-state index contributed by atoms with van der Waals surface area (Å²) in [5, 5.41) is 6.82. The highest BCUT2D eigenvalue weighted by Gasteiger charge is 2.20. The van der Waals surface area contributed by atoms with Gasteiger partial charge in [0.2, 0.25) is 0 Å². The first-order chi connectivity index (χ1) is 9.86. The predicted octanol–water partition coefficient (Wildman–Crippen LogP) is 3.03. The Labute approximate surface area is 125 Å². The van der Waals surface area contributed by atoms with Gasteiger partial charge in [-0.1, -0.05) is 52.4 Å². The van der Waals surface area contributed by atoms with Crippen molar-refractivity contribution in [1.82, 2.24) is 10.6 Å². The summed E-state index contributed by atoms with van der Waals surface area (Å²) < 4.78 is 11.6. The molecule has 0 spiro atoms. The lowest BCUT2D eigenvalue weighted by atomic mass is 10.2. The van der Waals surface area contributed by atoms with Gasteiger partial charge in [0.15, 0.2) is 0 Å². The monoisotopic (exact) mass is 286 g/mol. The largest absolute Gasteiger partial charge is 0.357 e. The van der Waals surface area contributed by atoms with Crippen LogP contribution in [-0.2, 0) is 9.47 Å². The first-order valence-electron chi connectivity index (χ1n) is 8.56. The molecule has 1 heterocycles. The van der Waals surface area contributed by atoms with Crippen molar-refractivity contribution in [2.45, 2.75) is 77.7 Å². The van der Waals surface area contributed by atoms with Crippen LogP contribution in [0.25, 0.3) is 0 Å². The van der Waals surface area contributed by atoms with Gasteiger partial charge in [-0.2, -0.15) is 0 Å². The molecule has 0 aromatic carbocycles. The van der Waals surface area contributed by atoms with Gasteiger partial charge in [0.05, 0.1) is 13.2 Å². The van der Waals surface area contributed by atoms with E-state index in [0.717, 1.165) is 13.1 Å². The molecule has 4 nitrogen and oxygen atoms in total. The van der Waals surface area contributed by atoms with Crippen molar-refractivity contribution in [2.24, 2.45) is 0 Å². The van der Waals surface area contributed by atoms with Gasteiger partial charge in [0.1, 0.15) is 12.5 Å². The van der Waals surface area contributed by atoms with Crippen molar-refractivity contribution in [1.29, 1.82) is 0 Å². The van der Waals surface area contributed by atoms with E-state index >= 15 is 0 Å². The van der Waals surface area contributed by atoms with Gasteiger partial charge < -0.3 is 9.47 Å². The first kappa shape index (κ1) is 17.9. The van der Waals surface area contributed by atoms with E-state index in [1.165, 1.54) is 51.4 Å². The minimum atomic E-state index is 0.0785. The average molecular weight is 286 g/mol. The summed E-state index contributed by atoms with van der Waals surface area (Å²) >= 11 is 0. The van der Waals surface area contributed by atoms with Gasteiger partial charge in [0, 0.05) is 0 Å². The van der Waals surface area contributed by atoms with Gasteiger partial charge in [-0.25, -0.2) is 0 Å². The molecule has 0 aromatic rings. The maximum absolute atomic E-state index is 5.78. The third-order valence-corrected chi connectivity index (χ3v) is 3.70. The summed E-state index contributed by atoms with van der Waals surface area (Å²) in [6.07, 6.45) is 10.5. The van der Waals surface area contributed by atoms with Crippen molar-refractivity contribution in [3.8, 4) is 0 Å². The van der Waals surface area contributed by atoms with Crippen molar-refractivity contribution >= 4 is 0 Å². The highest BCUT2D eigenvalue weighted by Crippen LogP contribution is 2.05. The Morgan fingerprint density at radius 2 is 1.15 bits per heavy atom. The molecule has 120 valence electrons. The molecule has 0 amide bonds. The highest BCUT2D eigenvalue weighted by atomic mass is 16.6. The second-order valence-corrected chi connectivity index (χ2v) is 5.67. The lowest BCUT2D eigenvalue weighted by molar-refractivity contribution is -0.153. The molecule has 2 unspecified atom stereocenters. The molecule has 0 aromatic heterocycles. The summed E-state index contributed by atoms with van der Waals surface area (Å²) in [5.41, 5.74) is 0. The molecule has 1 aliphatic heterocycles. The molecule has 0 radical (unpaired) electrons. The minimum Gasteiger partial charge on any atom is -0.357 e. The zero-order valence-corrected chi connectivity index (χ0v) is 13.5. The Morgan fingerprint density at radius 1 is 0.700 bits per heavy atom. The molecule has 0 aliphatic carbocycles. The Kier molecular flexibility index (Phi) is 11.2. The van der Waals surface area contributed by atoms with E-state index in [1.54, 1.807) is 0 Å². The second kappa shape index (κ2) is 12.6. The number of nitrogens with one attached hydrogen (secondary N) is 2. The molecule has 4 heteroatoms. The van der Waals surface area contributed by atoms with E-state index in [4.69, 9.17) is 9.47 Å². The van der Waals surface area contributed by atoms with Crippen molar-refractivity contribution < 1.29 is 9.47 Å². The Hall–Kier alpha value is -0.160. The van der Waals surface area contributed by atoms with E-state index in [2.05, 4.69) is 24.5 Å². The molecule has 1 rings (SSSR count). The van der Waals surface area contributed by atoms with E-state index in [1.807, 2.05) is 0 Å². The maximum atomic E-state index is 5.78. The summed E-state index contributed by atoms with van der Waals surface area (Å²) in [6.45, 7) is 7.84. The SMILES string of the molecule is CCCCCCNC1COC(NCCCCCC)CO1. The Morgan fingerprint density at radius 3 is 1.50 bits per heavy atom. The van der Waals surface area contributed by atoms with Crippen LogP contribution < -0.4 is 10.6 Å². The first-order valence-corrected chi connectivity index (χ1v) is 8.56. The fourth-order valence-corrected chi connectivity index (χ4v) is 2.37. The topological polar surface area (TPSA) is 42.5 Å². The van der Waals surface area contributed by atoms with Gasteiger partial charge in [-0.3, -0.25) is 10.6 Å². The smallest absolute Gasteiger partial charge is 0.132 e. The standard InChI is InChI=1S/C16H34N2O2/c1-3-5-7-9-11-17-15-13-20-16(14-19-15)18-12-10-8-6-4-2/h15-18H,3-14H2,1-2H3. The van der Waals surface area contributed by atoms with Crippen molar-refractivity contribution in [2.75, 3.05) is 26.3 Å². The molecule has 1 aliphatic rings. The van der Waals surface area contributed by atoms with Gasteiger partial charge in [-0.15, -0.1) is 0 Å². The molecule has 2 atom stereocenters. The number of hydrogen-bond donors (Lipinski definition) is 2.